The second kappa shape index (κ2) is 9.34. The van der Waals surface area contributed by atoms with Crippen LogP contribution >= 0.6 is 11.3 Å². The number of benzene rings is 1. The fourth-order valence-electron chi connectivity index (χ4n) is 3.78. The van der Waals surface area contributed by atoms with Gasteiger partial charge in [-0.1, -0.05) is 18.2 Å². The zero-order valence-corrected chi connectivity index (χ0v) is 20.8. The Morgan fingerprint density at radius 1 is 1.11 bits per heavy atom. The van der Waals surface area contributed by atoms with Crippen LogP contribution in [0.3, 0.4) is 0 Å². The number of ether oxygens (including phenoxy) is 1. The van der Waals surface area contributed by atoms with Gasteiger partial charge in [0.15, 0.2) is 0 Å². The molecule has 0 bridgehead atoms. The van der Waals surface area contributed by atoms with E-state index in [0.717, 1.165) is 15.9 Å². The summed E-state index contributed by atoms with van der Waals surface area (Å²) in [4.78, 5) is 56.3. The molecule has 11 heteroatoms. The van der Waals surface area contributed by atoms with Crippen LogP contribution in [0.1, 0.15) is 34.8 Å². The minimum atomic E-state index is -0.549. The Morgan fingerprint density at radius 2 is 1.80 bits per heavy atom. The van der Waals surface area contributed by atoms with E-state index in [2.05, 4.69) is 10.3 Å². The van der Waals surface area contributed by atoms with Gasteiger partial charge in [-0.15, -0.1) is 11.3 Å². The number of fused-ring (bicyclic) bond motifs is 1. The molecule has 1 N–H and O–H groups in total. The zero-order chi connectivity index (χ0) is 25.4. The Kier molecular flexibility index (Phi) is 6.44. The maximum atomic E-state index is 13.1. The van der Waals surface area contributed by atoms with E-state index in [-0.39, 0.29) is 29.3 Å². The number of aryl methyl sites for hydroxylation is 1. The SMILES string of the molecule is Cc1c(C(=O)OC(C)C)sc2ncn(CC(=O)Nc3c(C)n(C)n(-c4ccccc4)c3=O)c(=O)c12. The van der Waals surface area contributed by atoms with Crippen LogP contribution in [0, 0.1) is 13.8 Å². The summed E-state index contributed by atoms with van der Waals surface area (Å²) in [5.41, 5.74) is 0.993. The zero-order valence-electron chi connectivity index (χ0n) is 20.0. The largest absolute Gasteiger partial charge is 0.459 e. The van der Waals surface area contributed by atoms with E-state index in [9.17, 15) is 19.2 Å². The smallest absolute Gasteiger partial charge is 0.348 e. The normalized spacial score (nSPS) is 11.3. The van der Waals surface area contributed by atoms with Crippen molar-refractivity contribution in [2.45, 2.75) is 40.3 Å². The molecule has 3 heterocycles. The summed E-state index contributed by atoms with van der Waals surface area (Å²) in [5, 5.41) is 2.91. The molecule has 0 atom stereocenters. The van der Waals surface area contributed by atoms with E-state index in [1.807, 2.05) is 18.2 Å². The van der Waals surface area contributed by atoms with Crippen molar-refractivity contribution in [1.29, 1.82) is 0 Å². The minimum absolute atomic E-state index is 0.133. The number of carbonyl (C=O) groups excluding carboxylic acids is 2. The Hall–Kier alpha value is -3.99. The number of nitrogens with zero attached hydrogens (tertiary/aromatic N) is 4. The number of para-hydroxylation sites is 1. The van der Waals surface area contributed by atoms with Gasteiger partial charge in [0.25, 0.3) is 11.1 Å². The molecule has 0 saturated heterocycles. The number of nitrogens with one attached hydrogen (secondary N) is 1. The lowest BCUT2D eigenvalue weighted by molar-refractivity contribution is -0.116. The van der Waals surface area contributed by atoms with Crippen LogP contribution in [-0.2, 0) is 23.1 Å². The lowest BCUT2D eigenvalue weighted by atomic mass is 10.2. The number of carbonyl (C=O) groups is 2. The molecule has 1 aromatic carbocycles. The average Bonchev–Trinajstić information content (AvgIpc) is 3.25. The summed E-state index contributed by atoms with van der Waals surface area (Å²) < 4.78 is 9.51. The monoisotopic (exact) mass is 495 g/mol. The van der Waals surface area contributed by atoms with Gasteiger partial charge in [0.05, 0.1) is 29.2 Å². The molecular formula is C24H25N5O5S. The summed E-state index contributed by atoms with van der Waals surface area (Å²) in [6, 6.07) is 9.07. The second-order valence-corrected chi connectivity index (χ2v) is 9.35. The highest BCUT2D eigenvalue weighted by Gasteiger charge is 2.23. The summed E-state index contributed by atoms with van der Waals surface area (Å²) >= 11 is 1.08. The third kappa shape index (κ3) is 4.42. The van der Waals surface area contributed by atoms with Gasteiger partial charge in [0, 0.05) is 7.05 Å². The number of esters is 1. The van der Waals surface area contributed by atoms with E-state index in [4.69, 9.17) is 4.74 Å². The van der Waals surface area contributed by atoms with Gasteiger partial charge in [-0.05, 0) is 45.4 Å². The van der Waals surface area contributed by atoms with Gasteiger partial charge in [0.2, 0.25) is 5.91 Å². The highest BCUT2D eigenvalue weighted by atomic mass is 32.1. The topological polar surface area (TPSA) is 117 Å². The molecule has 0 aliphatic rings. The van der Waals surface area contributed by atoms with Crippen LogP contribution in [-0.4, -0.2) is 36.9 Å². The van der Waals surface area contributed by atoms with Crippen LogP contribution in [0.25, 0.3) is 15.9 Å². The van der Waals surface area contributed by atoms with Crippen molar-refractivity contribution in [3.63, 3.8) is 0 Å². The molecule has 4 rings (SSSR count). The van der Waals surface area contributed by atoms with Crippen molar-refractivity contribution in [3.05, 3.63) is 73.5 Å². The Balaban J connectivity index is 1.62. The van der Waals surface area contributed by atoms with E-state index in [1.54, 1.807) is 51.6 Å². The number of anilines is 1. The lowest BCUT2D eigenvalue weighted by Crippen LogP contribution is -2.29. The van der Waals surface area contributed by atoms with Crippen LogP contribution in [0.2, 0.25) is 0 Å². The molecule has 1 amide bonds. The number of amides is 1. The molecule has 4 aromatic rings. The van der Waals surface area contributed by atoms with Gasteiger partial charge < -0.3 is 10.1 Å². The van der Waals surface area contributed by atoms with Crippen LogP contribution in [0.15, 0.2) is 46.2 Å². The first-order valence-corrected chi connectivity index (χ1v) is 11.7. The van der Waals surface area contributed by atoms with Crippen LogP contribution < -0.4 is 16.4 Å². The van der Waals surface area contributed by atoms with Crippen molar-refractivity contribution < 1.29 is 14.3 Å². The van der Waals surface area contributed by atoms with Crippen molar-refractivity contribution in [2.24, 2.45) is 7.05 Å². The maximum absolute atomic E-state index is 13.1. The molecule has 0 spiro atoms. The molecule has 0 saturated carbocycles. The Morgan fingerprint density at radius 3 is 2.46 bits per heavy atom. The standard InChI is InChI=1S/C24H25N5O5S/c1-13(2)34-24(33)20-14(3)18-21(35-20)25-12-28(22(18)31)11-17(30)26-19-15(4)27(5)29(23(19)32)16-9-7-6-8-10-16/h6-10,12-13H,11H2,1-5H3,(H,26,30). The first-order valence-electron chi connectivity index (χ1n) is 10.9. The summed E-state index contributed by atoms with van der Waals surface area (Å²) in [6.45, 7) is 6.52. The molecular weight excluding hydrogens is 470 g/mol. The third-order valence-corrected chi connectivity index (χ3v) is 6.76. The van der Waals surface area contributed by atoms with Crippen molar-refractivity contribution >= 4 is 39.1 Å². The van der Waals surface area contributed by atoms with Crippen LogP contribution in [0.4, 0.5) is 5.69 Å². The van der Waals surface area contributed by atoms with Crippen LogP contribution in [0.5, 0.6) is 0 Å². The molecule has 0 aliphatic carbocycles. The molecule has 182 valence electrons. The number of hydrogen-bond donors (Lipinski definition) is 1. The van der Waals surface area contributed by atoms with E-state index >= 15 is 0 Å². The average molecular weight is 496 g/mol. The molecule has 0 fully saturated rings. The molecule has 10 nitrogen and oxygen atoms in total. The number of aromatic nitrogens is 4. The Labute approximate surface area is 204 Å². The molecule has 3 aromatic heterocycles. The minimum Gasteiger partial charge on any atom is -0.459 e. The van der Waals surface area contributed by atoms with Gasteiger partial charge in [-0.3, -0.25) is 23.6 Å². The molecule has 35 heavy (non-hydrogen) atoms. The van der Waals surface area contributed by atoms with E-state index in [1.165, 1.54) is 11.0 Å². The summed E-state index contributed by atoms with van der Waals surface area (Å²) in [7, 11) is 1.73. The lowest BCUT2D eigenvalue weighted by Gasteiger charge is -2.07. The Bertz CT molecular complexity index is 1560. The highest BCUT2D eigenvalue weighted by Crippen LogP contribution is 2.27. The van der Waals surface area contributed by atoms with Gasteiger partial charge in [-0.25, -0.2) is 14.5 Å². The predicted octanol–water partition coefficient (Wildman–Crippen LogP) is 2.77. The number of hydrogen-bond acceptors (Lipinski definition) is 7. The second-order valence-electron chi connectivity index (χ2n) is 8.35. The van der Waals surface area contributed by atoms with Crippen molar-refractivity contribution in [1.82, 2.24) is 18.9 Å². The fourth-order valence-corrected chi connectivity index (χ4v) is 4.80. The fraction of sp³-hybridized carbons (Fsp3) is 0.292. The quantitative estimate of drug-likeness (QED) is 0.411. The van der Waals surface area contributed by atoms with Gasteiger partial charge in [0.1, 0.15) is 21.9 Å². The summed E-state index contributed by atoms with van der Waals surface area (Å²) in [6.07, 6.45) is 0.964. The maximum Gasteiger partial charge on any atom is 0.348 e. The first-order chi connectivity index (χ1) is 16.6. The highest BCUT2D eigenvalue weighted by molar-refractivity contribution is 7.20. The van der Waals surface area contributed by atoms with Gasteiger partial charge >= 0.3 is 5.97 Å². The molecule has 0 aliphatic heterocycles. The predicted molar refractivity (Wildman–Crippen MR) is 134 cm³/mol. The van der Waals surface area contributed by atoms with Gasteiger partial charge in [-0.2, -0.15) is 0 Å². The third-order valence-electron chi connectivity index (χ3n) is 5.58. The van der Waals surface area contributed by atoms with E-state index in [0.29, 0.717) is 26.7 Å². The molecule has 0 radical (unpaired) electrons. The molecule has 0 unspecified atom stereocenters. The number of thiophene rings is 1. The first kappa shape index (κ1) is 24.1. The van der Waals surface area contributed by atoms with Crippen molar-refractivity contribution in [2.75, 3.05) is 5.32 Å². The van der Waals surface area contributed by atoms with Crippen molar-refractivity contribution in [3.8, 4) is 5.69 Å². The number of rotatable bonds is 6. The van der Waals surface area contributed by atoms with E-state index < -0.39 is 17.4 Å². The summed E-state index contributed by atoms with van der Waals surface area (Å²) in [5.74, 6) is -1.06.